The number of carbonyl (C=O) groups is 3. The predicted octanol–water partition coefficient (Wildman–Crippen LogP) is 8.99. The minimum absolute atomic E-state index is 0.230. The molecule has 7 heteroatoms. The number of quaternary nitrogens is 1. The molecule has 0 aromatic carbocycles. The zero-order chi connectivity index (χ0) is 30.9. The molecule has 0 aromatic heterocycles. The highest BCUT2D eigenvalue weighted by atomic mass is 16.4. The first-order valence-corrected chi connectivity index (χ1v) is 16.9. The number of unbranched alkanes of at least 4 members (excludes halogenated alkanes) is 13. The standard InChI is InChI=1S/C34H63NO6/c1-5-9-10-11-12-13-14-15-16-17-18-19-20-21-22-23-24-28-35(29(25-6-2)32(36)37,30(26-7-3)33(38)39)31(27-8-4)34(40)41/h21-22,29-31H,5-20,23-28H2,1-4H3,(H2-,36,37,38,39,40,41)/p+1/b22-21+. The molecule has 0 rings (SSSR count). The lowest BCUT2D eigenvalue weighted by Crippen LogP contribution is -2.72. The van der Waals surface area contributed by atoms with Crippen molar-refractivity contribution >= 4 is 17.9 Å². The van der Waals surface area contributed by atoms with Crippen LogP contribution in [0.5, 0.6) is 0 Å². The van der Waals surface area contributed by atoms with Crippen molar-refractivity contribution in [3.8, 4) is 0 Å². The van der Waals surface area contributed by atoms with E-state index >= 15 is 0 Å². The van der Waals surface area contributed by atoms with Crippen molar-refractivity contribution in [3.05, 3.63) is 12.2 Å². The Morgan fingerprint density at radius 2 is 0.805 bits per heavy atom. The Balaban J connectivity index is 5.09. The Hall–Kier alpha value is -1.89. The molecule has 3 atom stereocenters. The van der Waals surface area contributed by atoms with Crippen molar-refractivity contribution in [1.29, 1.82) is 0 Å². The SMILES string of the molecule is CCCCCCCCCCCCCC/C=C/CCC[N+](C(CCC)C(=O)O)(C(CCC)C(=O)O)C(CCC)C(=O)O. The van der Waals surface area contributed by atoms with Gasteiger partial charge in [-0.3, -0.25) is 4.48 Å². The van der Waals surface area contributed by atoms with E-state index in [0.29, 0.717) is 32.1 Å². The van der Waals surface area contributed by atoms with E-state index in [4.69, 9.17) is 0 Å². The molecule has 0 amide bonds. The average Bonchev–Trinajstić information content (AvgIpc) is 2.93. The van der Waals surface area contributed by atoms with Gasteiger partial charge >= 0.3 is 17.9 Å². The van der Waals surface area contributed by atoms with Crippen LogP contribution in [0.3, 0.4) is 0 Å². The molecule has 0 aromatic rings. The Bertz CT molecular complexity index is 662. The predicted molar refractivity (Wildman–Crippen MR) is 168 cm³/mol. The van der Waals surface area contributed by atoms with Gasteiger partial charge in [0, 0.05) is 25.7 Å². The van der Waals surface area contributed by atoms with Gasteiger partial charge < -0.3 is 15.3 Å². The Morgan fingerprint density at radius 1 is 0.488 bits per heavy atom. The topological polar surface area (TPSA) is 112 Å². The number of carboxylic acids is 3. The fourth-order valence-corrected chi connectivity index (χ4v) is 6.47. The van der Waals surface area contributed by atoms with Crippen LogP contribution < -0.4 is 0 Å². The lowest BCUT2D eigenvalue weighted by molar-refractivity contribution is -0.973. The highest BCUT2D eigenvalue weighted by molar-refractivity contribution is 5.78. The smallest absolute Gasteiger partial charge is 0.362 e. The molecule has 7 nitrogen and oxygen atoms in total. The van der Waals surface area contributed by atoms with Crippen molar-refractivity contribution < 1.29 is 34.2 Å². The number of allylic oxidation sites excluding steroid dienone is 2. The highest BCUT2D eigenvalue weighted by Crippen LogP contribution is 2.34. The van der Waals surface area contributed by atoms with Gasteiger partial charge in [-0.1, -0.05) is 110 Å². The van der Waals surface area contributed by atoms with Gasteiger partial charge in [-0.05, 0) is 38.5 Å². The van der Waals surface area contributed by atoms with Crippen LogP contribution in [0.15, 0.2) is 12.2 Å². The van der Waals surface area contributed by atoms with Gasteiger partial charge in [0.2, 0.25) is 0 Å². The molecule has 0 radical (unpaired) electrons. The van der Waals surface area contributed by atoms with E-state index in [-0.39, 0.29) is 25.8 Å². The molecule has 0 aliphatic carbocycles. The summed E-state index contributed by atoms with van der Waals surface area (Å²) in [5, 5.41) is 30.8. The van der Waals surface area contributed by atoms with E-state index < -0.39 is 40.5 Å². The van der Waals surface area contributed by atoms with E-state index in [2.05, 4.69) is 19.1 Å². The second-order valence-corrected chi connectivity index (χ2v) is 11.9. The normalized spacial score (nSPS) is 15.4. The zero-order valence-corrected chi connectivity index (χ0v) is 27.0. The third-order valence-corrected chi connectivity index (χ3v) is 8.59. The van der Waals surface area contributed by atoms with Crippen LogP contribution in [0, 0.1) is 0 Å². The van der Waals surface area contributed by atoms with E-state index in [9.17, 15) is 29.7 Å². The van der Waals surface area contributed by atoms with E-state index in [0.717, 1.165) is 12.8 Å². The molecule has 0 spiro atoms. The molecule has 0 bridgehead atoms. The molecule has 0 aliphatic heterocycles. The minimum atomic E-state index is -1.10. The lowest BCUT2D eigenvalue weighted by Gasteiger charge is -2.50. The Kier molecular flexibility index (Phi) is 23.5. The van der Waals surface area contributed by atoms with E-state index in [1.165, 1.54) is 70.6 Å². The summed E-state index contributed by atoms with van der Waals surface area (Å²) in [6, 6.07) is -3.19. The lowest BCUT2D eigenvalue weighted by atomic mass is 9.91. The quantitative estimate of drug-likeness (QED) is 0.0461. The van der Waals surface area contributed by atoms with Gasteiger partial charge in [-0.25, -0.2) is 14.4 Å². The third-order valence-electron chi connectivity index (χ3n) is 8.59. The maximum Gasteiger partial charge on any atom is 0.362 e. The molecule has 0 saturated carbocycles. The van der Waals surface area contributed by atoms with Crippen molar-refractivity contribution in [2.75, 3.05) is 6.54 Å². The molecule has 41 heavy (non-hydrogen) atoms. The van der Waals surface area contributed by atoms with Gasteiger partial charge in [0.25, 0.3) is 0 Å². The molecule has 0 heterocycles. The van der Waals surface area contributed by atoms with Gasteiger partial charge in [0.1, 0.15) is 0 Å². The second kappa shape index (κ2) is 24.7. The molecule has 0 aliphatic rings. The summed E-state index contributed by atoms with van der Waals surface area (Å²) in [5.41, 5.74) is 0. The van der Waals surface area contributed by atoms with Gasteiger partial charge in [-0.2, -0.15) is 0 Å². The maximum atomic E-state index is 12.6. The summed E-state index contributed by atoms with van der Waals surface area (Å²) >= 11 is 0. The summed E-state index contributed by atoms with van der Waals surface area (Å²) in [4.78, 5) is 37.7. The summed E-state index contributed by atoms with van der Waals surface area (Å²) in [5.74, 6) is -3.29. The van der Waals surface area contributed by atoms with Crippen LogP contribution in [-0.2, 0) is 14.4 Å². The van der Waals surface area contributed by atoms with E-state index in [1.54, 1.807) is 0 Å². The number of hydrogen-bond acceptors (Lipinski definition) is 3. The van der Waals surface area contributed by atoms with Crippen molar-refractivity contribution in [1.82, 2.24) is 0 Å². The summed E-state index contributed by atoms with van der Waals surface area (Å²) in [6.45, 7) is 8.09. The van der Waals surface area contributed by atoms with Crippen molar-refractivity contribution in [2.24, 2.45) is 0 Å². The minimum Gasteiger partial charge on any atom is -0.477 e. The van der Waals surface area contributed by atoms with Gasteiger partial charge in [0.05, 0.1) is 6.54 Å². The molecule has 3 unspecified atom stereocenters. The monoisotopic (exact) mass is 582 g/mol. The van der Waals surface area contributed by atoms with Crippen LogP contribution in [-0.4, -0.2) is 62.4 Å². The molecular formula is C34H64NO6+. The third kappa shape index (κ3) is 15.2. The molecule has 240 valence electrons. The molecular weight excluding hydrogens is 518 g/mol. The van der Waals surface area contributed by atoms with Gasteiger partial charge in [-0.15, -0.1) is 0 Å². The van der Waals surface area contributed by atoms with Crippen LogP contribution in [0.2, 0.25) is 0 Å². The molecule has 0 fully saturated rings. The molecule has 3 N–H and O–H groups in total. The second-order valence-electron chi connectivity index (χ2n) is 11.9. The summed E-state index contributed by atoms with van der Waals surface area (Å²) in [7, 11) is 0. The van der Waals surface area contributed by atoms with Crippen LogP contribution in [0.1, 0.15) is 163 Å². The number of nitrogens with zero attached hydrogens (tertiary/aromatic N) is 1. The first kappa shape index (κ1) is 39.1. The zero-order valence-electron chi connectivity index (χ0n) is 27.0. The summed E-state index contributed by atoms with van der Waals surface area (Å²) in [6.07, 6.45) is 24.8. The largest absolute Gasteiger partial charge is 0.477 e. The Labute approximate surface area is 251 Å². The fourth-order valence-electron chi connectivity index (χ4n) is 6.47. The van der Waals surface area contributed by atoms with Crippen LogP contribution >= 0.6 is 0 Å². The van der Waals surface area contributed by atoms with Crippen molar-refractivity contribution in [3.63, 3.8) is 0 Å². The number of rotatable bonds is 29. The number of carboxylic acid groups (broad SMARTS) is 3. The van der Waals surface area contributed by atoms with Crippen molar-refractivity contribution in [2.45, 2.75) is 181 Å². The number of aliphatic carboxylic acids is 3. The van der Waals surface area contributed by atoms with Crippen LogP contribution in [0.25, 0.3) is 0 Å². The maximum absolute atomic E-state index is 12.6. The number of hydrogen-bond donors (Lipinski definition) is 3. The molecule has 0 saturated heterocycles. The first-order chi connectivity index (χ1) is 19.7. The highest BCUT2D eigenvalue weighted by Gasteiger charge is 2.56. The van der Waals surface area contributed by atoms with Crippen LogP contribution in [0.4, 0.5) is 0 Å². The Morgan fingerprint density at radius 3 is 1.12 bits per heavy atom. The fraction of sp³-hybridized carbons (Fsp3) is 0.853. The first-order valence-electron chi connectivity index (χ1n) is 16.9. The average molecular weight is 583 g/mol. The van der Waals surface area contributed by atoms with Gasteiger partial charge in [0.15, 0.2) is 18.1 Å². The summed E-state index contributed by atoms with van der Waals surface area (Å²) < 4.78 is -0.401. The van der Waals surface area contributed by atoms with E-state index in [1.807, 2.05) is 20.8 Å².